The third-order valence-corrected chi connectivity index (χ3v) is 1.91. The van der Waals surface area contributed by atoms with Gasteiger partial charge in [-0.3, -0.25) is 4.98 Å². The maximum absolute atomic E-state index is 4.32. The first-order chi connectivity index (χ1) is 5.88. The number of hydrogen-bond donors (Lipinski definition) is 0. The molecule has 0 atom stereocenters. The number of nitrogens with zero attached hydrogens (tertiary/aromatic N) is 1. The summed E-state index contributed by atoms with van der Waals surface area (Å²) in [7, 11) is 0. The van der Waals surface area contributed by atoms with E-state index in [9.17, 15) is 0 Å². The van der Waals surface area contributed by atoms with E-state index in [-0.39, 0.29) is 0 Å². The Morgan fingerprint density at radius 2 is 2.42 bits per heavy atom. The number of unbranched alkanes of at least 4 members (excludes halogenated alkanes) is 1. The van der Waals surface area contributed by atoms with E-state index in [1.54, 1.807) is 0 Å². The Balaban J connectivity index is 2.75. The number of aromatic nitrogens is 1. The first kappa shape index (κ1) is 8.98. The van der Waals surface area contributed by atoms with Gasteiger partial charge < -0.3 is 0 Å². The van der Waals surface area contributed by atoms with Gasteiger partial charge in [-0.15, -0.1) is 0 Å². The number of hydrogen-bond acceptors (Lipinski definition) is 1. The summed E-state index contributed by atoms with van der Waals surface area (Å²) in [5.41, 5.74) is 2.35. The lowest BCUT2D eigenvalue weighted by Gasteiger charge is -2.02. The van der Waals surface area contributed by atoms with Crippen LogP contribution in [0.1, 0.15) is 31.0 Å². The molecule has 0 saturated carbocycles. The maximum Gasteiger partial charge on any atom is 0.0475 e. The molecule has 0 aromatic carbocycles. The second-order valence-corrected chi connectivity index (χ2v) is 2.85. The Kier molecular flexibility index (Phi) is 3.52. The van der Waals surface area contributed by atoms with Crippen LogP contribution in [0, 0.1) is 0 Å². The minimum absolute atomic E-state index is 1.07. The molecule has 0 aliphatic heterocycles. The zero-order valence-electron chi connectivity index (χ0n) is 7.59. The van der Waals surface area contributed by atoms with Crippen molar-refractivity contribution >= 4 is 6.08 Å². The lowest BCUT2D eigenvalue weighted by molar-refractivity contribution is 0.775. The van der Waals surface area contributed by atoms with Gasteiger partial charge in [-0.2, -0.15) is 0 Å². The van der Waals surface area contributed by atoms with Gasteiger partial charge >= 0.3 is 0 Å². The molecule has 0 aliphatic carbocycles. The average Bonchev–Trinajstić information content (AvgIpc) is 2.15. The Bertz CT molecular complexity index is 253. The highest BCUT2D eigenvalue weighted by Gasteiger charge is 1.97. The standard InChI is InChI=1S/C11H15N/c1-3-5-8-11-10(4-2)7-6-9-12-11/h4,6-7,9H,2-3,5,8H2,1H3. The van der Waals surface area contributed by atoms with E-state index in [1.165, 1.54) is 24.1 Å². The van der Waals surface area contributed by atoms with Gasteiger partial charge in [0.1, 0.15) is 0 Å². The van der Waals surface area contributed by atoms with Gasteiger partial charge in [0.15, 0.2) is 0 Å². The van der Waals surface area contributed by atoms with Gasteiger partial charge in [-0.05, 0) is 24.5 Å². The van der Waals surface area contributed by atoms with Crippen LogP contribution >= 0.6 is 0 Å². The van der Waals surface area contributed by atoms with Gasteiger partial charge in [-0.25, -0.2) is 0 Å². The van der Waals surface area contributed by atoms with E-state index in [0.717, 1.165) is 6.42 Å². The summed E-state index contributed by atoms with van der Waals surface area (Å²) in [6, 6.07) is 4.01. The van der Waals surface area contributed by atoms with Crippen LogP contribution in [0.4, 0.5) is 0 Å². The predicted molar refractivity (Wildman–Crippen MR) is 52.9 cm³/mol. The molecule has 12 heavy (non-hydrogen) atoms. The summed E-state index contributed by atoms with van der Waals surface area (Å²) in [4.78, 5) is 4.32. The normalized spacial score (nSPS) is 9.75. The monoisotopic (exact) mass is 161 g/mol. The van der Waals surface area contributed by atoms with Gasteiger partial charge in [0.05, 0.1) is 0 Å². The minimum atomic E-state index is 1.07. The SMILES string of the molecule is C=Cc1cccnc1CCCC. The van der Waals surface area contributed by atoms with E-state index in [4.69, 9.17) is 0 Å². The second-order valence-electron chi connectivity index (χ2n) is 2.85. The fraction of sp³-hybridized carbons (Fsp3) is 0.364. The van der Waals surface area contributed by atoms with E-state index >= 15 is 0 Å². The molecule has 64 valence electrons. The summed E-state index contributed by atoms with van der Waals surface area (Å²) in [6.45, 7) is 5.95. The summed E-state index contributed by atoms with van der Waals surface area (Å²) in [6.07, 6.45) is 7.21. The van der Waals surface area contributed by atoms with Crippen molar-refractivity contribution in [2.24, 2.45) is 0 Å². The van der Waals surface area contributed by atoms with Gasteiger partial charge in [0, 0.05) is 11.9 Å². The van der Waals surface area contributed by atoms with Crippen LogP contribution in [0.2, 0.25) is 0 Å². The molecule has 1 heterocycles. The Hall–Kier alpha value is -1.11. The molecule has 0 radical (unpaired) electrons. The zero-order valence-corrected chi connectivity index (χ0v) is 7.59. The molecule has 0 spiro atoms. The molecule has 0 unspecified atom stereocenters. The van der Waals surface area contributed by atoms with Crippen molar-refractivity contribution in [1.82, 2.24) is 4.98 Å². The summed E-state index contributed by atoms with van der Waals surface area (Å²) in [5, 5.41) is 0. The molecular formula is C11H15N. The Labute approximate surface area is 74.2 Å². The Morgan fingerprint density at radius 3 is 3.08 bits per heavy atom. The maximum atomic E-state index is 4.32. The lowest BCUT2D eigenvalue weighted by Crippen LogP contribution is -1.92. The molecule has 0 saturated heterocycles. The molecule has 1 heteroatoms. The van der Waals surface area contributed by atoms with Crippen LogP contribution in [0.5, 0.6) is 0 Å². The molecular weight excluding hydrogens is 146 g/mol. The van der Waals surface area contributed by atoms with Crippen LogP contribution in [0.15, 0.2) is 24.9 Å². The predicted octanol–water partition coefficient (Wildman–Crippen LogP) is 3.07. The molecule has 0 aliphatic rings. The molecule has 0 bridgehead atoms. The topological polar surface area (TPSA) is 12.9 Å². The summed E-state index contributed by atoms with van der Waals surface area (Å²) >= 11 is 0. The first-order valence-corrected chi connectivity index (χ1v) is 4.44. The van der Waals surface area contributed by atoms with E-state index in [2.05, 4.69) is 24.6 Å². The minimum Gasteiger partial charge on any atom is -0.261 e. The quantitative estimate of drug-likeness (QED) is 0.661. The Morgan fingerprint density at radius 1 is 1.58 bits per heavy atom. The van der Waals surface area contributed by atoms with Crippen molar-refractivity contribution in [2.75, 3.05) is 0 Å². The third kappa shape index (κ3) is 2.19. The van der Waals surface area contributed by atoms with Crippen molar-refractivity contribution in [1.29, 1.82) is 0 Å². The van der Waals surface area contributed by atoms with Gasteiger partial charge in [0.2, 0.25) is 0 Å². The average molecular weight is 161 g/mol. The van der Waals surface area contributed by atoms with Crippen molar-refractivity contribution in [3.8, 4) is 0 Å². The fourth-order valence-electron chi connectivity index (χ4n) is 1.19. The largest absolute Gasteiger partial charge is 0.261 e. The molecule has 0 N–H and O–H groups in total. The number of aryl methyl sites for hydroxylation is 1. The highest BCUT2D eigenvalue weighted by molar-refractivity contribution is 5.49. The van der Waals surface area contributed by atoms with Crippen LogP contribution in [-0.4, -0.2) is 4.98 Å². The highest BCUT2D eigenvalue weighted by Crippen LogP contribution is 2.09. The smallest absolute Gasteiger partial charge is 0.0475 e. The zero-order chi connectivity index (χ0) is 8.81. The van der Waals surface area contributed by atoms with Crippen molar-refractivity contribution < 1.29 is 0 Å². The van der Waals surface area contributed by atoms with Crippen LogP contribution in [0.25, 0.3) is 6.08 Å². The lowest BCUT2D eigenvalue weighted by atomic mass is 10.1. The summed E-state index contributed by atoms with van der Waals surface area (Å²) in [5.74, 6) is 0. The van der Waals surface area contributed by atoms with E-state index in [1.807, 2.05) is 18.3 Å². The highest BCUT2D eigenvalue weighted by atomic mass is 14.7. The van der Waals surface area contributed by atoms with Crippen LogP contribution in [-0.2, 0) is 6.42 Å². The molecule has 0 fully saturated rings. The molecule has 1 aromatic rings. The third-order valence-electron chi connectivity index (χ3n) is 1.91. The molecule has 1 nitrogen and oxygen atoms in total. The van der Waals surface area contributed by atoms with Crippen molar-refractivity contribution in [3.05, 3.63) is 36.2 Å². The molecule has 0 amide bonds. The second kappa shape index (κ2) is 4.70. The van der Waals surface area contributed by atoms with E-state index < -0.39 is 0 Å². The van der Waals surface area contributed by atoms with Crippen molar-refractivity contribution in [3.63, 3.8) is 0 Å². The van der Waals surface area contributed by atoms with E-state index in [0.29, 0.717) is 0 Å². The van der Waals surface area contributed by atoms with Gasteiger partial charge in [0.25, 0.3) is 0 Å². The van der Waals surface area contributed by atoms with Crippen molar-refractivity contribution in [2.45, 2.75) is 26.2 Å². The molecule has 1 aromatic heterocycles. The number of pyridine rings is 1. The first-order valence-electron chi connectivity index (χ1n) is 4.44. The fourth-order valence-corrected chi connectivity index (χ4v) is 1.19. The summed E-state index contributed by atoms with van der Waals surface area (Å²) < 4.78 is 0. The van der Waals surface area contributed by atoms with Gasteiger partial charge in [-0.1, -0.05) is 32.1 Å². The van der Waals surface area contributed by atoms with Crippen LogP contribution < -0.4 is 0 Å². The molecule has 1 rings (SSSR count). The van der Waals surface area contributed by atoms with Crippen LogP contribution in [0.3, 0.4) is 0 Å². The number of rotatable bonds is 4.